The molecule has 5 nitrogen and oxygen atoms in total. The van der Waals surface area contributed by atoms with Gasteiger partial charge in [0.25, 0.3) is 0 Å². The van der Waals surface area contributed by atoms with Crippen LogP contribution in [0.2, 0.25) is 5.02 Å². The molecule has 1 heterocycles. The predicted molar refractivity (Wildman–Crippen MR) is 67.1 cm³/mol. The molecule has 1 amide bonds. The fourth-order valence-corrected chi connectivity index (χ4v) is 1.78. The first kappa shape index (κ1) is 14.4. The van der Waals surface area contributed by atoms with Crippen molar-refractivity contribution in [2.45, 2.75) is 26.3 Å². The van der Waals surface area contributed by atoms with Crippen molar-refractivity contribution in [1.82, 2.24) is 10.3 Å². The van der Waals surface area contributed by atoms with Crippen LogP contribution in [0.3, 0.4) is 0 Å². The lowest BCUT2D eigenvalue weighted by Crippen LogP contribution is -2.14. The van der Waals surface area contributed by atoms with E-state index in [0.29, 0.717) is 36.7 Å². The number of carbonyl (C=O) groups is 2. The molecule has 1 rings (SSSR count). The quantitative estimate of drug-likeness (QED) is 0.602. The molecule has 0 unspecified atom stereocenters. The SMILES string of the molecule is CCOC(=O)CCc1c(Cl)ccnc1CNC=O. The Balaban J connectivity index is 2.72. The Bertz CT molecular complexity index is 424. The summed E-state index contributed by atoms with van der Waals surface area (Å²) in [6, 6.07) is 1.66. The van der Waals surface area contributed by atoms with Crippen molar-refractivity contribution < 1.29 is 14.3 Å². The highest BCUT2D eigenvalue weighted by molar-refractivity contribution is 6.31. The van der Waals surface area contributed by atoms with E-state index in [1.165, 1.54) is 0 Å². The summed E-state index contributed by atoms with van der Waals surface area (Å²) in [5.74, 6) is -0.272. The molecular formula is C12H15ClN2O3. The van der Waals surface area contributed by atoms with Crippen LogP contribution in [0.15, 0.2) is 12.3 Å². The molecule has 0 spiro atoms. The van der Waals surface area contributed by atoms with Crippen molar-refractivity contribution in [1.29, 1.82) is 0 Å². The first-order valence-electron chi connectivity index (χ1n) is 5.64. The number of hydrogen-bond acceptors (Lipinski definition) is 4. The third-order valence-corrected chi connectivity index (χ3v) is 2.68. The highest BCUT2D eigenvalue weighted by Gasteiger charge is 2.11. The van der Waals surface area contributed by atoms with E-state index in [0.717, 1.165) is 5.56 Å². The second kappa shape index (κ2) is 7.66. The summed E-state index contributed by atoms with van der Waals surface area (Å²) < 4.78 is 4.85. The Hall–Kier alpha value is -1.62. The van der Waals surface area contributed by atoms with Gasteiger partial charge in [-0.1, -0.05) is 11.6 Å². The molecule has 18 heavy (non-hydrogen) atoms. The van der Waals surface area contributed by atoms with Gasteiger partial charge in [0.2, 0.25) is 6.41 Å². The number of esters is 1. The van der Waals surface area contributed by atoms with Gasteiger partial charge in [-0.2, -0.15) is 0 Å². The molecule has 0 saturated heterocycles. The average Bonchev–Trinajstić information content (AvgIpc) is 2.35. The summed E-state index contributed by atoms with van der Waals surface area (Å²) in [5.41, 5.74) is 1.43. The molecule has 0 aromatic carbocycles. The number of hydrogen-bond donors (Lipinski definition) is 1. The summed E-state index contributed by atoms with van der Waals surface area (Å²) in [4.78, 5) is 25.7. The lowest BCUT2D eigenvalue weighted by Gasteiger charge is -2.09. The summed E-state index contributed by atoms with van der Waals surface area (Å²) in [7, 11) is 0. The van der Waals surface area contributed by atoms with Crippen LogP contribution in [0.4, 0.5) is 0 Å². The number of halogens is 1. The van der Waals surface area contributed by atoms with E-state index < -0.39 is 0 Å². The second-order valence-corrected chi connectivity index (χ2v) is 3.93. The van der Waals surface area contributed by atoms with Gasteiger partial charge in [0.05, 0.1) is 18.8 Å². The van der Waals surface area contributed by atoms with Crippen molar-refractivity contribution >= 4 is 24.0 Å². The molecule has 1 N–H and O–H groups in total. The topological polar surface area (TPSA) is 68.3 Å². The number of pyridine rings is 1. The molecule has 0 fully saturated rings. The number of nitrogens with one attached hydrogen (secondary N) is 1. The molecule has 1 aromatic rings. The van der Waals surface area contributed by atoms with Gasteiger partial charge in [-0.15, -0.1) is 0 Å². The van der Waals surface area contributed by atoms with E-state index in [-0.39, 0.29) is 12.4 Å². The van der Waals surface area contributed by atoms with Gasteiger partial charge in [0, 0.05) is 17.6 Å². The average molecular weight is 271 g/mol. The van der Waals surface area contributed by atoms with Gasteiger partial charge in [-0.05, 0) is 25.0 Å². The molecule has 0 aliphatic carbocycles. The van der Waals surface area contributed by atoms with Crippen LogP contribution in [-0.2, 0) is 27.3 Å². The van der Waals surface area contributed by atoms with E-state index in [1.807, 2.05) is 0 Å². The molecule has 0 aliphatic rings. The van der Waals surface area contributed by atoms with Crippen molar-refractivity contribution in [3.8, 4) is 0 Å². The molecule has 0 saturated carbocycles. The maximum absolute atomic E-state index is 11.3. The highest BCUT2D eigenvalue weighted by atomic mass is 35.5. The molecular weight excluding hydrogens is 256 g/mol. The van der Waals surface area contributed by atoms with Crippen LogP contribution < -0.4 is 5.32 Å². The van der Waals surface area contributed by atoms with E-state index in [1.54, 1.807) is 19.2 Å². The molecule has 0 atom stereocenters. The van der Waals surface area contributed by atoms with Gasteiger partial charge in [0.1, 0.15) is 0 Å². The molecule has 1 aromatic heterocycles. The van der Waals surface area contributed by atoms with Crippen LogP contribution >= 0.6 is 11.6 Å². The van der Waals surface area contributed by atoms with Gasteiger partial charge in [0.15, 0.2) is 0 Å². The van der Waals surface area contributed by atoms with Crippen LogP contribution in [0.5, 0.6) is 0 Å². The number of rotatable bonds is 7. The minimum absolute atomic E-state index is 0.243. The van der Waals surface area contributed by atoms with E-state index in [4.69, 9.17) is 16.3 Å². The molecule has 0 radical (unpaired) electrons. The van der Waals surface area contributed by atoms with Crippen molar-refractivity contribution in [2.75, 3.05) is 6.61 Å². The van der Waals surface area contributed by atoms with Crippen molar-refractivity contribution in [3.63, 3.8) is 0 Å². The third-order valence-electron chi connectivity index (χ3n) is 2.33. The maximum atomic E-state index is 11.3. The van der Waals surface area contributed by atoms with Crippen LogP contribution in [0.1, 0.15) is 24.6 Å². The number of nitrogens with zero attached hydrogens (tertiary/aromatic N) is 1. The predicted octanol–water partition coefficient (Wildman–Crippen LogP) is 1.48. The monoisotopic (exact) mass is 270 g/mol. The first-order chi connectivity index (χ1) is 8.69. The second-order valence-electron chi connectivity index (χ2n) is 3.52. The smallest absolute Gasteiger partial charge is 0.306 e. The molecule has 98 valence electrons. The highest BCUT2D eigenvalue weighted by Crippen LogP contribution is 2.20. The molecule has 0 bridgehead atoms. The minimum atomic E-state index is -0.272. The van der Waals surface area contributed by atoms with Gasteiger partial charge in [-0.3, -0.25) is 14.6 Å². The number of ether oxygens (including phenoxy) is 1. The van der Waals surface area contributed by atoms with Gasteiger partial charge >= 0.3 is 5.97 Å². The summed E-state index contributed by atoms with van der Waals surface area (Å²) in [6.45, 7) is 2.41. The van der Waals surface area contributed by atoms with Crippen LogP contribution in [0.25, 0.3) is 0 Å². The largest absolute Gasteiger partial charge is 0.466 e. The fourth-order valence-electron chi connectivity index (χ4n) is 1.52. The number of amides is 1. The number of carbonyl (C=O) groups excluding carboxylic acids is 2. The van der Waals surface area contributed by atoms with Crippen LogP contribution in [0, 0.1) is 0 Å². The summed E-state index contributed by atoms with van der Waals surface area (Å²) in [5, 5.41) is 3.07. The standard InChI is InChI=1S/C12H15ClN2O3/c1-2-18-12(17)4-3-9-10(13)5-6-15-11(9)7-14-8-16/h5-6,8H,2-4,7H2,1H3,(H,14,16). The number of aromatic nitrogens is 1. The van der Waals surface area contributed by atoms with E-state index in [9.17, 15) is 9.59 Å². The lowest BCUT2D eigenvalue weighted by atomic mass is 10.1. The van der Waals surface area contributed by atoms with E-state index in [2.05, 4.69) is 10.3 Å². The normalized spacial score (nSPS) is 9.89. The minimum Gasteiger partial charge on any atom is -0.466 e. The zero-order chi connectivity index (χ0) is 13.4. The summed E-state index contributed by atoms with van der Waals surface area (Å²) >= 11 is 6.06. The summed E-state index contributed by atoms with van der Waals surface area (Å²) in [6.07, 6.45) is 2.85. The Morgan fingerprint density at radius 2 is 2.39 bits per heavy atom. The zero-order valence-electron chi connectivity index (χ0n) is 10.1. The Morgan fingerprint density at radius 3 is 3.06 bits per heavy atom. The van der Waals surface area contributed by atoms with Crippen LogP contribution in [-0.4, -0.2) is 24.0 Å². The Morgan fingerprint density at radius 1 is 1.61 bits per heavy atom. The Labute approximate surface area is 110 Å². The Kier molecular flexibility index (Phi) is 6.14. The van der Waals surface area contributed by atoms with Crippen molar-refractivity contribution in [3.05, 3.63) is 28.5 Å². The van der Waals surface area contributed by atoms with Gasteiger partial charge in [-0.25, -0.2) is 0 Å². The first-order valence-corrected chi connectivity index (χ1v) is 6.01. The van der Waals surface area contributed by atoms with E-state index >= 15 is 0 Å². The lowest BCUT2D eigenvalue weighted by molar-refractivity contribution is -0.143. The maximum Gasteiger partial charge on any atom is 0.306 e. The van der Waals surface area contributed by atoms with Gasteiger partial charge < -0.3 is 10.1 Å². The zero-order valence-corrected chi connectivity index (χ0v) is 10.9. The fraction of sp³-hybridized carbons (Fsp3) is 0.417. The molecule has 6 heteroatoms. The molecule has 0 aliphatic heterocycles. The van der Waals surface area contributed by atoms with Crippen molar-refractivity contribution in [2.24, 2.45) is 0 Å². The third kappa shape index (κ3) is 4.33.